The number of ether oxygens (including phenoxy) is 1. The van der Waals surface area contributed by atoms with Crippen molar-refractivity contribution < 1.29 is 4.74 Å². The molecule has 1 aliphatic carbocycles. The summed E-state index contributed by atoms with van der Waals surface area (Å²) in [6.07, 6.45) is 8.16. The van der Waals surface area contributed by atoms with Crippen LogP contribution in [-0.2, 0) is 0 Å². The highest BCUT2D eigenvalue weighted by molar-refractivity contribution is 5.66. The van der Waals surface area contributed by atoms with Crippen LogP contribution in [0.4, 0.5) is 0 Å². The molecule has 0 aliphatic heterocycles. The number of nitrogens with zero attached hydrogens (tertiary/aromatic N) is 3. The van der Waals surface area contributed by atoms with Crippen molar-refractivity contribution in [2.75, 3.05) is 0 Å². The Bertz CT molecular complexity index is 1020. The Morgan fingerprint density at radius 3 is 2.44 bits per heavy atom. The summed E-state index contributed by atoms with van der Waals surface area (Å²) in [6.45, 7) is 0. The van der Waals surface area contributed by atoms with Gasteiger partial charge in [-0.2, -0.15) is 0 Å². The molecule has 0 radical (unpaired) electrons. The summed E-state index contributed by atoms with van der Waals surface area (Å²) in [7, 11) is 0. The minimum Gasteiger partial charge on any atom is -0.457 e. The molecule has 0 atom stereocenters. The standard InChI is InChI=1S/C21H17N3O/c1-2-4-17(5-3-1)25-18-10-8-16(9-11-18)21-23-20(15-6-7-15)19-14-22-12-13-24(19)21/h1-5,8-15H,6-7H2. The minimum absolute atomic E-state index is 0.591. The van der Waals surface area contributed by atoms with E-state index in [9.17, 15) is 0 Å². The molecular weight excluding hydrogens is 310 g/mol. The molecule has 0 N–H and O–H groups in total. The summed E-state index contributed by atoms with van der Waals surface area (Å²) in [6, 6.07) is 17.9. The number of fused-ring (bicyclic) bond motifs is 1. The first-order valence-electron chi connectivity index (χ1n) is 8.54. The molecule has 1 aliphatic rings. The van der Waals surface area contributed by atoms with E-state index in [1.807, 2.05) is 61.1 Å². The fourth-order valence-corrected chi connectivity index (χ4v) is 3.12. The predicted molar refractivity (Wildman–Crippen MR) is 96.9 cm³/mol. The van der Waals surface area contributed by atoms with Gasteiger partial charge in [0.05, 0.1) is 17.4 Å². The molecule has 1 fully saturated rings. The van der Waals surface area contributed by atoms with Crippen LogP contribution >= 0.6 is 0 Å². The Hall–Kier alpha value is -3.14. The zero-order valence-electron chi connectivity index (χ0n) is 13.7. The molecule has 2 aromatic carbocycles. The van der Waals surface area contributed by atoms with Crippen LogP contribution in [0.2, 0.25) is 0 Å². The molecule has 4 nitrogen and oxygen atoms in total. The number of imidazole rings is 1. The zero-order chi connectivity index (χ0) is 16.6. The van der Waals surface area contributed by atoms with Crippen molar-refractivity contribution in [3.05, 3.63) is 78.9 Å². The van der Waals surface area contributed by atoms with E-state index in [0.717, 1.165) is 28.4 Å². The van der Waals surface area contributed by atoms with Crippen molar-refractivity contribution >= 4 is 5.52 Å². The SMILES string of the molecule is c1ccc(Oc2ccc(-c3nc(C4CC4)c4cnccn34)cc2)cc1. The van der Waals surface area contributed by atoms with Crippen LogP contribution in [0.15, 0.2) is 73.2 Å². The molecule has 0 saturated heterocycles. The monoisotopic (exact) mass is 327 g/mol. The third-order valence-corrected chi connectivity index (χ3v) is 4.53. The lowest BCUT2D eigenvalue weighted by Gasteiger charge is -2.06. The van der Waals surface area contributed by atoms with E-state index < -0.39 is 0 Å². The van der Waals surface area contributed by atoms with E-state index >= 15 is 0 Å². The van der Waals surface area contributed by atoms with Gasteiger partial charge in [-0.25, -0.2) is 4.98 Å². The van der Waals surface area contributed by atoms with Gasteiger partial charge in [-0.05, 0) is 49.2 Å². The second-order valence-corrected chi connectivity index (χ2v) is 6.37. The second kappa shape index (κ2) is 5.74. The lowest BCUT2D eigenvalue weighted by atomic mass is 10.2. The summed E-state index contributed by atoms with van der Waals surface area (Å²) in [4.78, 5) is 9.19. The van der Waals surface area contributed by atoms with Crippen LogP contribution in [-0.4, -0.2) is 14.4 Å². The van der Waals surface area contributed by atoms with Crippen molar-refractivity contribution in [1.29, 1.82) is 0 Å². The Kier molecular flexibility index (Phi) is 3.27. The molecule has 0 spiro atoms. The third kappa shape index (κ3) is 2.66. The molecular formula is C21H17N3O. The van der Waals surface area contributed by atoms with Gasteiger partial charge in [0.25, 0.3) is 0 Å². The van der Waals surface area contributed by atoms with Gasteiger partial charge in [-0.1, -0.05) is 18.2 Å². The van der Waals surface area contributed by atoms with E-state index in [1.54, 1.807) is 0 Å². The predicted octanol–water partition coefficient (Wildman–Crippen LogP) is 5.07. The second-order valence-electron chi connectivity index (χ2n) is 6.37. The molecule has 1 saturated carbocycles. The molecule has 122 valence electrons. The lowest BCUT2D eigenvalue weighted by molar-refractivity contribution is 0.483. The topological polar surface area (TPSA) is 39.4 Å². The molecule has 0 amide bonds. The van der Waals surface area contributed by atoms with Crippen LogP contribution in [0.1, 0.15) is 24.5 Å². The summed E-state index contributed by atoms with van der Waals surface area (Å²) in [5, 5.41) is 0. The van der Waals surface area contributed by atoms with Crippen molar-refractivity contribution in [2.45, 2.75) is 18.8 Å². The molecule has 4 heteroatoms. The van der Waals surface area contributed by atoms with E-state index in [0.29, 0.717) is 5.92 Å². The molecule has 0 bridgehead atoms. The van der Waals surface area contributed by atoms with Gasteiger partial charge in [0.1, 0.15) is 17.3 Å². The maximum absolute atomic E-state index is 5.87. The summed E-state index contributed by atoms with van der Waals surface area (Å²) < 4.78 is 8.01. The number of hydrogen-bond donors (Lipinski definition) is 0. The van der Waals surface area contributed by atoms with Gasteiger partial charge < -0.3 is 4.74 Å². The van der Waals surface area contributed by atoms with Gasteiger partial charge in [0, 0.05) is 23.9 Å². The minimum atomic E-state index is 0.591. The lowest BCUT2D eigenvalue weighted by Crippen LogP contribution is -1.90. The summed E-state index contributed by atoms with van der Waals surface area (Å²) in [5.41, 5.74) is 3.37. The van der Waals surface area contributed by atoms with Crippen LogP contribution in [0, 0.1) is 0 Å². The number of benzene rings is 2. The number of rotatable bonds is 4. The van der Waals surface area contributed by atoms with E-state index in [-0.39, 0.29) is 0 Å². The smallest absolute Gasteiger partial charge is 0.144 e. The van der Waals surface area contributed by atoms with Gasteiger partial charge in [-0.15, -0.1) is 0 Å². The van der Waals surface area contributed by atoms with Crippen LogP contribution in [0.3, 0.4) is 0 Å². The van der Waals surface area contributed by atoms with Gasteiger partial charge in [0.2, 0.25) is 0 Å². The van der Waals surface area contributed by atoms with E-state index in [2.05, 4.69) is 21.5 Å². The number of para-hydroxylation sites is 1. The van der Waals surface area contributed by atoms with Crippen molar-refractivity contribution in [1.82, 2.24) is 14.4 Å². The molecule has 4 aromatic rings. The highest BCUT2D eigenvalue weighted by Crippen LogP contribution is 2.42. The first-order valence-corrected chi connectivity index (χ1v) is 8.54. The third-order valence-electron chi connectivity index (χ3n) is 4.53. The number of aromatic nitrogens is 3. The van der Waals surface area contributed by atoms with Gasteiger partial charge >= 0.3 is 0 Å². The van der Waals surface area contributed by atoms with Crippen molar-refractivity contribution in [2.24, 2.45) is 0 Å². The highest BCUT2D eigenvalue weighted by Gasteiger charge is 2.29. The van der Waals surface area contributed by atoms with Gasteiger partial charge in [0.15, 0.2) is 0 Å². The zero-order valence-corrected chi connectivity index (χ0v) is 13.7. The largest absolute Gasteiger partial charge is 0.457 e. The molecule has 5 rings (SSSR count). The van der Waals surface area contributed by atoms with Crippen LogP contribution in [0.25, 0.3) is 16.9 Å². The fourth-order valence-electron chi connectivity index (χ4n) is 3.12. The first kappa shape index (κ1) is 14.2. The summed E-state index contributed by atoms with van der Waals surface area (Å²) >= 11 is 0. The van der Waals surface area contributed by atoms with Crippen molar-refractivity contribution in [3.8, 4) is 22.9 Å². The molecule has 0 unspecified atom stereocenters. The Morgan fingerprint density at radius 1 is 0.920 bits per heavy atom. The van der Waals surface area contributed by atoms with E-state index in [4.69, 9.17) is 9.72 Å². The molecule has 2 heterocycles. The highest BCUT2D eigenvalue weighted by atomic mass is 16.5. The van der Waals surface area contributed by atoms with Crippen LogP contribution < -0.4 is 4.74 Å². The Balaban J connectivity index is 1.50. The maximum Gasteiger partial charge on any atom is 0.144 e. The summed E-state index contributed by atoms with van der Waals surface area (Å²) in [5.74, 6) is 3.21. The molecule has 25 heavy (non-hydrogen) atoms. The normalized spacial score (nSPS) is 13.9. The van der Waals surface area contributed by atoms with E-state index in [1.165, 1.54) is 18.5 Å². The Labute approximate surface area is 145 Å². The quantitative estimate of drug-likeness (QED) is 0.525. The average molecular weight is 327 g/mol. The van der Waals surface area contributed by atoms with Crippen molar-refractivity contribution in [3.63, 3.8) is 0 Å². The van der Waals surface area contributed by atoms with Crippen LogP contribution in [0.5, 0.6) is 11.5 Å². The van der Waals surface area contributed by atoms with Gasteiger partial charge in [-0.3, -0.25) is 9.38 Å². The first-order chi connectivity index (χ1) is 12.4. The Morgan fingerprint density at radius 2 is 1.68 bits per heavy atom. The number of hydrogen-bond acceptors (Lipinski definition) is 3. The maximum atomic E-state index is 5.87. The fraction of sp³-hybridized carbons (Fsp3) is 0.143. The average Bonchev–Trinajstić information content (AvgIpc) is 3.44. The molecule has 2 aromatic heterocycles.